The van der Waals surface area contributed by atoms with Crippen LogP contribution >= 0.6 is 0 Å². The highest BCUT2D eigenvalue weighted by Gasteiger charge is 2.25. The highest BCUT2D eigenvalue weighted by atomic mass is 16.6. The van der Waals surface area contributed by atoms with Crippen LogP contribution in [0.5, 0.6) is 5.75 Å². The van der Waals surface area contributed by atoms with E-state index in [9.17, 15) is 9.59 Å². The van der Waals surface area contributed by atoms with Gasteiger partial charge in [0.15, 0.2) is 0 Å². The van der Waals surface area contributed by atoms with Crippen LogP contribution in [0.1, 0.15) is 44.1 Å². The molecule has 1 fully saturated rings. The number of methoxy groups -OCH3 is 1. The maximum absolute atomic E-state index is 12.7. The molecule has 0 saturated carbocycles. The number of rotatable bonds is 5. The molecule has 152 valence electrons. The van der Waals surface area contributed by atoms with E-state index in [1.54, 1.807) is 39.0 Å². The van der Waals surface area contributed by atoms with E-state index in [2.05, 4.69) is 4.90 Å². The zero-order chi connectivity index (χ0) is 20.3. The Kier molecular flexibility index (Phi) is 5.93. The Bertz CT molecular complexity index is 860. The number of carbonyl (C=O) groups is 2. The summed E-state index contributed by atoms with van der Waals surface area (Å²) >= 11 is 0. The first-order valence-corrected chi connectivity index (χ1v) is 9.61. The molecule has 0 atom stereocenters. The van der Waals surface area contributed by atoms with Crippen molar-refractivity contribution < 1.29 is 23.8 Å². The molecule has 0 N–H and O–H groups in total. The number of nitrogens with zero attached hydrogens (tertiary/aromatic N) is 2. The van der Waals surface area contributed by atoms with Crippen molar-refractivity contribution in [2.45, 2.75) is 39.2 Å². The number of carbonyl (C=O) groups excluding carboxylic acids is 2. The van der Waals surface area contributed by atoms with E-state index in [0.29, 0.717) is 23.3 Å². The normalized spacial score (nSPS) is 15.0. The first-order valence-electron chi connectivity index (χ1n) is 9.61. The molecular weight excluding hydrogens is 360 g/mol. The van der Waals surface area contributed by atoms with Gasteiger partial charge >= 0.3 is 12.1 Å². The maximum atomic E-state index is 12.7. The summed E-state index contributed by atoms with van der Waals surface area (Å²) in [4.78, 5) is 27.2. The summed E-state index contributed by atoms with van der Waals surface area (Å²) in [5.74, 6) is 0.100. The van der Waals surface area contributed by atoms with Crippen molar-refractivity contribution in [1.82, 2.24) is 9.47 Å². The van der Waals surface area contributed by atoms with Crippen molar-refractivity contribution in [3.05, 3.63) is 30.0 Å². The van der Waals surface area contributed by atoms with E-state index >= 15 is 0 Å². The van der Waals surface area contributed by atoms with Crippen LogP contribution in [0, 0.1) is 0 Å². The van der Waals surface area contributed by atoms with Crippen LogP contribution in [0.25, 0.3) is 10.9 Å². The number of ether oxygens (including phenoxy) is 3. The molecule has 0 bridgehead atoms. The Labute approximate surface area is 165 Å². The quantitative estimate of drug-likeness (QED) is 0.728. The van der Waals surface area contributed by atoms with Gasteiger partial charge in [-0.05, 0) is 71.0 Å². The van der Waals surface area contributed by atoms with E-state index in [0.717, 1.165) is 19.6 Å². The minimum absolute atomic E-state index is 0.126. The Hall–Kier alpha value is -2.54. The summed E-state index contributed by atoms with van der Waals surface area (Å²) in [6, 6.07) is 7.01. The standard InChI is InChI=1S/C21H28N2O5/c1-21(2,3)28-20(25)23-17-8-7-16(27-12-11-22-9-5-6-10-22)13-15(17)14-18(23)19(24)26-4/h7-8,13-14H,5-6,9-12H2,1-4H3. The summed E-state index contributed by atoms with van der Waals surface area (Å²) in [6.07, 6.45) is 1.88. The summed E-state index contributed by atoms with van der Waals surface area (Å²) in [5.41, 5.74) is 0.0159. The Morgan fingerprint density at radius 2 is 1.82 bits per heavy atom. The van der Waals surface area contributed by atoms with Crippen molar-refractivity contribution in [2.24, 2.45) is 0 Å². The van der Waals surface area contributed by atoms with Crippen LogP contribution < -0.4 is 4.74 Å². The summed E-state index contributed by atoms with van der Waals surface area (Å²) in [6.45, 7) is 9.09. The fourth-order valence-electron chi connectivity index (χ4n) is 3.34. The number of hydrogen-bond acceptors (Lipinski definition) is 6. The topological polar surface area (TPSA) is 70.0 Å². The largest absolute Gasteiger partial charge is 0.492 e. The molecule has 1 aromatic carbocycles. The van der Waals surface area contributed by atoms with E-state index in [1.807, 2.05) is 6.07 Å². The zero-order valence-electron chi connectivity index (χ0n) is 17.0. The fraction of sp³-hybridized carbons (Fsp3) is 0.524. The third-order valence-corrected chi connectivity index (χ3v) is 4.62. The lowest BCUT2D eigenvalue weighted by atomic mass is 10.2. The Morgan fingerprint density at radius 3 is 2.46 bits per heavy atom. The highest BCUT2D eigenvalue weighted by Crippen LogP contribution is 2.26. The van der Waals surface area contributed by atoms with Gasteiger partial charge in [0.2, 0.25) is 0 Å². The predicted molar refractivity (Wildman–Crippen MR) is 106 cm³/mol. The van der Waals surface area contributed by atoms with Gasteiger partial charge in [0, 0.05) is 11.9 Å². The first kappa shape index (κ1) is 20.2. The average molecular weight is 388 g/mol. The fourth-order valence-corrected chi connectivity index (χ4v) is 3.34. The van der Waals surface area contributed by atoms with Crippen molar-refractivity contribution >= 4 is 23.0 Å². The lowest BCUT2D eigenvalue weighted by Gasteiger charge is -2.20. The highest BCUT2D eigenvalue weighted by molar-refractivity contribution is 6.01. The van der Waals surface area contributed by atoms with Gasteiger partial charge in [-0.15, -0.1) is 0 Å². The van der Waals surface area contributed by atoms with Gasteiger partial charge in [0.25, 0.3) is 0 Å². The number of fused-ring (bicyclic) bond motifs is 1. The molecule has 7 heteroatoms. The summed E-state index contributed by atoms with van der Waals surface area (Å²) in [7, 11) is 1.28. The van der Waals surface area contributed by atoms with Crippen LogP contribution in [-0.4, -0.2) is 60.5 Å². The Morgan fingerprint density at radius 1 is 1.11 bits per heavy atom. The molecule has 2 aromatic rings. The molecular formula is C21H28N2O5. The molecule has 0 aliphatic carbocycles. The molecule has 7 nitrogen and oxygen atoms in total. The monoisotopic (exact) mass is 388 g/mol. The van der Waals surface area contributed by atoms with E-state index in [-0.39, 0.29) is 5.69 Å². The van der Waals surface area contributed by atoms with Gasteiger partial charge in [0.1, 0.15) is 23.7 Å². The molecule has 3 rings (SSSR count). The second-order valence-electron chi connectivity index (χ2n) is 7.95. The second kappa shape index (κ2) is 8.22. The van der Waals surface area contributed by atoms with Crippen LogP contribution in [0.4, 0.5) is 4.79 Å². The molecule has 1 aliphatic rings. The second-order valence-corrected chi connectivity index (χ2v) is 7.95. The van der Waals surface area contributed by atoms with Gasteiger partial charge in [0.05, 0.1) is 12.6 Å². The SMILES string of the molecule is COC(=O)c1cc2cc(OCCN3CCCC3)ccc2n1C(=O)OC(C)(C)C. The number of esters is 1. The number of hydrogen-bond donors (Lipinski definition) is 0. The van der Waals surface area contributed by atoms with E-state index < -0.39 is 17.7 Å². The molecule has 0 amide bonds. The van der Waals surface area contributed by atoms with Gasteiger partial charge in [-0.25, -0.2) is 14.2 Å². The molecule has 1 saturated heterocycles. The Balaban J connectivity index is 1.84. The third kappa shape index (κ3) is 4.65. The molecule has 0 radical (unpaired) electrons. The maximum Gasteiger partial charge on any atom is 0.419 e. The summed E-state index contributed by atoms with van der Waals surface area (Å²) in [5, 5.41) is 0.713. The smallest absolute Gasteiger partial charge is 0.419 e. The van der Waals surface area contributed by atoms with Crippen molar-refractivity contribution in [3.8, 4) is 5.75 Å². The number of likely N-dealkylation sites (tertiary alicyclic amines) is 1. The minimum Gasteiger partial charge on any atom is -0.492 e. The van der Waals surface area contributed by atoms with Crippen LogP contribution in [-0.2, 0) is 9.47 Å². The molecule has 0 spiro atoms. The molecule has 2 heterocycles. The van der Waals surface area contributed by atoms with Crippen LogP contribution in [0.2, 0.25) is 0 Å². The molecule has 1 aliphatic heterocycles. The average Bonchev–Trinajstić information content (AvgIpc) is 3.26. The first-order chi connectivity index (χ1) is 13.3. The lowest BCUT2D eigenvalue weighted by Crippen LogP contribution is -2.29. The zero-order valence-corrected chi connectivity index (χ0v) is 17.0. The van der Waals surface area contributed by atoms with E-state index in [1.165, 1.54) is 24.5 Å². The molecule has 28 heavy (non-hydrogen) atoms. The predicted octanol–water partition coefficient (Wildman–Crippen LogP) is 3.69. The third-order valence-electron chi connectivity index (χ3n) is 4.62. The van der Waals surface area contributed by atoms with Gasteiger partial charge in [-0.2, -0.15) is 0 Å². The van der Waals surface area contributed by atoms with Crippen LogP contribution in [0.3, 0.4) is 0 Å². The van der Waals surface area contributed by atoms with Gasteiger partial charge in [-0.1, -0.05) is 0 Å². The van der Waals surface area contributed by atoms with Gasteiger partial charge in [-0.3, -0.25) is 4.90 Å². The van der Waals surface area contributed by atoms with Crippen LogP contribution in [0.15, 0.2) is 24.3 Å². The summed E-state index contributed by atoms with van der Waals surface area (Å²) < 4.78 is 17.4. The number of benzene rings is 1. The molecule has 0 unspecified atom stereocenters. The van der Waals surface area contributed by atoms with Crippen molar-refractivity contribution in [3.63, 3.8) is 0 Å². The van der Waals surface area contributed by atoms with E-state index in [4.69, 9.17) is 14.2 Å². The van der Waals surface area contributed by atoms with Gasteiger partial charge < -0.3 is 14.2 Å². The number of aromatic nitrogens is 1. The van der Waals surface area contributed by atoms with Crippen molar-refractivity contribution in [2.75, 3.05) is 33.4 Å². The minimum atomic E-state index is -0.681. The van der Waals surface area contributed by atoms with Crippen molar-refractivity contribution in [1.29, 1.82) is 0 Å². The lowest BCUT2D eigenvalue weighted by molar-refractivity contribution is 0.0489. The molecule has 1 aromatic heterocycles.